The van der Waals surface area contributed by atoms with Gasteiger partial charge in [0.15, 0.2) is 5.13 Å². The van der Waals surface area contributed by atoms with Gasteiger partial charge in [0.2, 0.25) is 5.91 Å². The van der Waals surface area contributed by atoms with E-state index in [-0.39, 0.29) is 16.6 Å². The van der Waals surface area contributed by atoms with Gasteiger partial charge in [0.1, 0.15) is 11.6 Å². The summed E-state index contributed by atoms with van der Waals surface area (Å²) in [6.45, 7) is 0. The molecule has 7 heteroatoms. The van der Waals surface area contributed by atoms with Gasteiger partial charge in [-0.05, 0) is 37.8 Å². The highest BCUT2D eigenvalue weighted by atomic mass is 32.2. The maximum Gasteiger partial charge on any atom is 0.236 e. The number of thiazole rings is 1. The van der Waals surface area contributed by atoms with E-state index in [1.165, 1.54) is 41.2 Å². The molecule has 23 heavy (non-hydrogen) atoms. The number of nitrogens with zero attached hydrogens (tertiary/aromatic N) is 1. The van der Waals surface area contributed by atoms with Crippen LogP contribution in [0.4, 0.5) is 13.9 Å². The van der Waals surface area contributed by atoms with Crippen LogP contribution in [0.3, 0.4) is 0 Å². The van der Waals surface area contributed by atoms with Gasteiger partial charge < -0.3 is 5.32 Å². The number of thioether (sulfide) groups is 1. The Balaban J connectivity index is 1.57. The maximum atomic E-state index is 13.5. The smallest absolute Gasteiger partial charge is 0.236 e. The predicted molar refractivity (Wildman–Crippen MR) is 89.1 cm³/mol. The minimum absolute atomic E-state index is 0.0623. The predicted octanol–water partition coefficient (Wildman–Crippen LogP) is 4.42. The number of carbonyl (C=O) groups excluding carboxylic acids is 1. The zero-order valence-electron chi connectivity index (χ0n) is 12.4. The standard InChI is InChI=1S/C16H16F2N2OS2/c17-10-6-7-13(11(18)8-10)22-9-15(21)20-16-19-12-4-2-1-3-5-14(12)23-16/h6-8H,1-5,9H2,(H,19,20,21). The monoisotopic (exact) mass is 354 g/mol. The van der Waals surface area contributed by atoms with Gasteiger partial charge in [-0.25, -0.2) is 13.8 Å². The van der Waals surface area contributed by atoms with E-state index in [9.17, 15) is 13.6 Å². The van der Waals surface area contributed by atoms with Crippen molar-refractivity contribution in [1.29, 1.82) is 0 Å². The van der Waals surface area contributed by atoms with Crippen LogP contribution in [0.25, 0.3) is 0 Å². The highest BCUT2D eigenvalue weighted by Gasteiger charge is 2.15. The molecule has 3 rings (SSSR count). The van der Waals surface area contributed by atoms with E-state index >= 15 is 0 Å². The Morgan fingerprint density at radius 3 is 2.91 bits per heavy atom. The van der Waals surface area contributed by atoms with Crippen LogP contribution in [-0.2, 0) is 17.6 Å². The number of aromatic nitrogens is 1. The number of anilines is 1. The molecule has 1 aliphatic rings. The van der Waals surface area contributed by atoms with E-state index in [0.717, 1.165) is 42.8 Å². The van der Waals surface area contributed by atoms with Crippen molar-refractivity contribution in [2.75, 3.05) is 11.1 Å². The van der Waals surface area contributed by atoms with Crippen molar-refractivity contribution >= 4 is 34.1 Å². The lowest BCUT2D eigenvalue weighted by Crippen LogP contribution is -2.14. The lowest BCUT2D eigenvalue weighted by molar-refractivity contribution is -0.113. The minimum Gasteiger partial charge on any atom is -0.301 e. The van der Waals surface area contributed by atoms with Gasteiger partial charge >= 0.3 is 0 Å². The van der Waals surface area contributed by atoms with Gasteiger partial charge in [0.25, 0.3) is 0 Å². The van der Waals surface area contributed by atoms with Crippen LogP contribution in [0.5, 0.6) is 0 Å². The first-order valence-corrected chi connectivity index (χ1v) is 9.28. The maximum absolute atomic E-state index is 13.5. The Morgan fingerprint density at radius 2 is 2.09 bits per heavy atom. The van der Waals surface area contributed by atoms with Gasteiger partial charge in [0, 0.05) is 15.8 Å². The van der Waals surface area contributed by atoms with E-state index in [0.29, 0.717) is 5.13 Å². The van der Waals surface area contributed by atoms with Gasteiger partial charge in [-0.2, -0.15) is 0 Å². The van der Waals surface area contributed by atoms with Crippen molar-refractivity contribution in [3.63, 3.8) is 0 Å². The Morgan fingerprint density at radius 1 is 1.26 bits per heavy atom. The summed E-state index contributed by atoms with van der Waals surface area (Å²) < 4.78 is 26.4. The molecule has 1 aromatic carbocycles. The molecule has 1 heterocycles. The average molecular weight is 354 g/mol. The quantitative estimate of drug-likeness (QED) is 0.653. The first-order chi connectivity index (χ1) is 11.1. The molecular formula is C16H16F2N2OS2. The summed E-state index contributed by atoms with van der Waals surface area (Å²) in [4.78, 5) is 18.0. The third kappa shape index (κ3) is 4.29. The van der Waals surface area contributed by atoms with E-state index in [1.54, 1.807) is 0 Å². The fourth-order valence-electron chi connectivity index (χ4n) is 2.47. The molecule has 0 spiro atoms. The fourth-order valence-corrected chi connectivity index (χ4v) is 4.26. The third-order valence-corrected chi connectivity index (χ3v) is 5.72. The number of amides is 1. The molecule has 0 bridgehead atoms. The molecule has 1 amide bonds. The van der Waals surface area contributed by atoms with Crippen molar-refractivity contribution in [3.8, 4) is 0 Å². The van der Waals surface area contributed by atoms with Gasteiger partial charge in [-0.1, -0.05) is 6.42 Å². The van der Waals surface area contributed by atoms with Crippen molar-refractivity contribution in [3.05, 3.63) is 40.4 Å². The highest BCUT2D eigenvalue weighted by Crippen LogP contribution is 2.29. The topological polar surface area (TPSA) is 42.0 Å². The van der Waals surface area contributed by atoms with Crippen LogP contribution in [0.1, 0.15) is 29.8 Å². The van der Waals surface area contributed by atoms with Crippen LogP contribution in [0.2, 0.25) is 0 Å². The minimum atomic E-state index is -0.649. The lowest BCUT2D eigenvalue weighted by Gasteiger charge is -2.03. The number of nitrogens with one attached hydrogen (secondary N) is 1. The largest absolute Gasteiger partial charge is 0.301 e. The lowest BCUT2D eigenvalue weighted by atomic mass is 10.2. The Kier molecular flexibility index (Phi) is 5.27. The molecule has 0 fully saturated rings. The van der Waals surface area contributed by atoms with Gasteiger partial charge in [-0.15, -0.1) is 23.1 Å². The number of benzene rings is 1. The number of hydrogen-bond donors (Lipinski definition) is 1. The number of fused-ring (bicyclic) bond motifs is 1. The van der Waals surface area contributed by atoms with Crippen LogP contribution in [0, 0.1) is 11.6 Å². The molecule has 0 saturated heterocycles. The molecule has 0 aliphatic heterocycles. The zero-order valence-corrected chi connectivity index (χ0v) is 14.0. The van der Waals surface area contributed by atoms with E-state index in [4.69, 9.17) is 0 Å². The zero-order chi connectivity index (χ0) is 16.2. The van der Waals surface area contributed by atoms with Crippen molar-refractivity contribution < 1.29 is 13.6 Å². The molecule has 122 valence electrons. The van der Waals surface area contributed by atoms with Crippen molar-refractivity contribution in [2.24, 2.45) is 0 Å². The molecule has 3 nitrogen and oxygen atoms in total. The summed E-state index contributed by atoms with van der Waals surface area (Å²) in [5.41, 5.74) is 1.10. The van der Waals surface area contributed by atoms with Crippen molar-refractivity contribution in [2.45, 2.75) is 37.0 Å². The van der Waals surface area contributed by atoms with Crippen LogP contribution in [0.15, 0.2) is 23.1 Å². The van der Waals surface area contributed by atoms with E-state index < -0.39 is 11.6 Å². The molecule has 0 saturated carbocycles. The average Bonchev–Trinajstić information content (AvgIpc) is 2.75. The third-order valence-electron chi connectivity index (χ3n) is 3.59. The second-order valence-electron chi connectivity index (χ2n) is 5.36. The first kappa shape index (κ1) is 16.4. The Labute approximate surface area is 141 Å². The van der Waals surface area contributed by atoms with E-state index in [1.807, 2.05) is 0 Å². The molecule has 0 atom stereocenters. The van der Waals surface area contributed by atoms with Gasteiger partial charge in [0.05, 0.1) is 11.4 Å². The Bertz CT molecular complexity index is 695. The summed E-state index contributed by atoms with van der Waals surface area (Å²) in [6.07, 6.45) is 5.53. The number of aryl methyl sites for hydroxylation is 2. The summed E-state index contributed by atoms with van der Waals surface area (Å²) in [5, 5.41) is 3.38. The molecule has 0 unspecified atom stereocenters. The summed E-state index contributed by atoms with van der Waals surface area (Å²) in [7, 11) is 0. The summed E-state index contributed by atoms with van der Waals surface area (Å²) in [6, 6.07) is 3.34. The van der Waals surface area contributed by atoms with Crippen LogP contribution in [-0.4, -0.2) is 16.6 Å². The molecular weight excluding hydrogens is 338 g/mol. The first-order valence-electron chi connectivity index (χ1n) is 7.48. The number of rotatable bonds is 4. The van der Waals surface area contributed by atoms with Crippen molar-refractivity contribution in [1.82, 2.24) is 4.98 Å². The molecule has 1 aromatic heterocycles. The molecule has 0 radical (unpaired) electrons. The molecule has 1 N–H and O–H groups in total. The second kappa shape index (κ2) is 7.40. The van der Waals surface area contributed by atoms with E-state index in [2.05, 4.69) is 10.3 Å². The normalized spacial score (nSPS) is 14.2. The molecule has 2 aromatic rings. The fraction of sp³-hybridized carbons (Fsp3) is 0.375. The summed E-state index contributed by atoms with van der Waals surface area (Å²) >= 11 is 2.57. The van der Waals surface area contributed by atoms with Gasteiger partial charge in [-0.3, -0.25) is 4.79 Å². The summed E-state index contributed by atoms with van der Waals surface area (Å²) in [5.74, 6) is -1.45. The number of halogens is 2. The number of carbonyl (C=O) groups is 1. The number of hydrogen-bond acceptors (Lipinski definition) is 4. The highest BCUT2D eigenvalue weighted by molar-refractivity contribution is 8.00. The Hall–Kier alpha value is -1.47. The SMILES string of the molecule is O=C(CSc1ccc(F)cc1F)Nc1nc2c(s1)CCCCC2. The van der Waals surface area contributed by atoms with Crippen LogP contribution >= 0.6 is 23.1 Å². The second-order valence-corrected chi connectivity index (χ2v) is 7.46. The van der Waals surface area contributed by atoms with Crippen LogP contribution < -0.4 is 5.32 Å². The molecule has 1 aliphatic carbocycles.